The topological polar surface area (TPSA) is 44.9 Å². The van der Waals surface area contributed by atoms with E-state index in [0.717, 1.165) is 66.6 Å². The van der Waals surface area contributed by atoms with Crippen molar-refractivity contribution >= 4 is 34.7 Å². The van der Waals surface area contributed by atoms with Crippen molar-refractivity contribution in [2.45, 2.75) is 57.9 Å². The van der Waals surface area contributed by atoms with Crippen LogP contribution in [0.15, 0.2) is 47.6 Å². The highest BCUT2D eigenvalue weighted by atomic mass is 35.5. The third-order valence-corrected chi connectivity index (χ3v) is 6.38. The summed E-state index contributed by atoms with van der Waals surface area (Å²) in [7, 11) is 0. The van der Waals surface area contributed by atoms with E-state index in [2.05, 4.69) is 45.8 Å². The van der Waals surface area contributed by atoms with Gasteiger partial charge in [0.1, 0.15) is 17.2 Å². The second-order valence-corrected chi connectivity index (χ2v) is 8.69. The van der Waals surface area contributed by atoms with E-state index < -0.39 is 0 Å². The van der Waals surface area contributed by atoms with Crippen molar-refractivity contribution < 1.29 is 0 Å². The Hall–Kier alpha value is -2.53. The van der Waals surface area contributed by atoms with Gasteiger partial charge in [0.15, 0.2) is 0 Å². The molecule has 2 aromatic heterocycles. The molecule has 156 valence electrons. The minimum atomic E-state index is 0.401. The summed E-state index contributed by atoms with van der Waals surface area (Å²) in [4.78, 5) is 12.5. The van der Waals surface area contributed by atoms with Crippen molar-refractivity contribution in [1.82, 2.24) is 9.38 Å². The minimum Gasteiger partial charge on any atom is -0.325 e. The largest absolute Gasteiger partial charge is 0.325 e. The van der Waals surface area contributed by atoms with Crippen LogP contribution < -0.4 is 10.2 Å². The lowest BCUT2D eigenvalue weighted by Crippen LogP contribution is -2.45. The average Bonchev–Trinajstić information content (AvgIpc) is 3.06. The van der Waals surface area contributed by atoms with Gasteiger partial charge in [0, 0.05) is 24.3 Å². The third-order valence-electron chi connectivity index (χ3n) is 6.16. The van der Waals surface area contributed by atoms with Crippen LogP contribution >= 0.6 is 11.6 Å². The number of halogens is 1. The Morgan fingerprint density at radius 3 is 2.80 bits per heavy atom. The van der Waals surface area contributed by atoms with Crippen LogP contribution in [0.2, 0.25) is 5.02 Å². The fraction of sp³-hybridized carbons (Fsp3) is 0.417. The monoisotopic (exact) mass is 421 g/mol. The first kappa shape index (κ1) is 19.4. The van der Waals surface area contributed by atoms with Crippen LogP contribution in [0.1, 0.15) is 51.9 Å². The quantitative estimate of drug-likeness (QED) is 0.497. The number of anilines is 2. The molecule has 5 rings (SSSR count). The number of nitrogens with zero attached hydrogens (tertiary/aromatic N) is 4. The SMILES string of the molecule is CCCCN=C1Nc2ccccc2-c2nc3ccc(Cl)cn3c2N1C1CCCCC1. The van der Waals surface area contributed by atoms with Crippen molar-refractivity contribution in [2.24, 2.45) is 4.99 Å². The van der Waals surface area contributed by atoms with Gasteiger partial charge >= 0.3 is 0 Å². The molecule has 1 aliphatic carbocycles. The number of nitrogens with one attached hydrogen (secondary N) is 1. The highest BCUT2D eigenvalue weighted by Crippen LogP contribution is 2.41. The summed E-state index contributed by atoms with van der Waals surface area (Å²) in [6.45, 7) is 3.02. The molecular weight excluding hydrogens is 394 g/mol. The predicted molar refractivity (Wildman–Crippen MR) is 126 cm³/mol. The van der Waals surface area contributed by atoms with Crippen LogP contribution in [-0.4, -0.2) is 27.9 Å². The molecule has 0 spiro atoms. The van der Waals surface area contributed by atoms with E-state index >= 15 is 0 Å². The molecule has 0 unspecified atom stereocenters. The number of pyridine rings is 1. The number of para-hydroxylation sites is 1. The number of hydrogen-bond donors (Lipinski definition) is 1. The van der Waals surface area contributed by atoms with Gasteiger partial charge in [-0.05, 0) is 37.5 Å². The van der Waals surface area contributed by atoms with Crippen LogP contribution in [0, 0.1) is 0 Å². The van der Waals surface area contributed by atoms with Gasteiger partial charge in [-0.1, -0.05) is 62.4 Å². The molecule has 6 heteroatoms. The molecule has 1 aromatic carbocycles. The maximum Gasteiger partial charge on any atom is 0.204 e. The van der Waals surface area contributed by atoms with Gasteiger partial charge in [0.05, 0.1) is 10.7 Å². The number of aromatic nitrogens is 2. The summed E-state index contributed by atoms with van der Waals surface area (Å²) in [5.41, 5.74) is 4.07. The highest BCUT2D eigenvalue weighted by molar-refractivity contribution is 6.30. The van der Waals surface area contributed by atoms with Gasteiger partial charge in [-0.25, -0.2) is 4.98 Å². The number of benzene rings is 1. The molecule has 3 heterocycles. The van der Waals surface area contributed by atoms with Crippen LogP contribution in [0.3, 0.4) is 0 Å². The lowest BCUT2D eigenvalue weighted by atomic mass is 9.94. The molecule has 5 nitrogen and oxygen atoms in total. The van der Waals surface area contributed by atoms with E-state index in [4.69, 9.17) is 21.6 Å². The number of unbranched alkanes of at least 4 members (excludes halogenated alkanes) is 1. The van der Waals surface area contributed by atoms with Gasteiger partial charge in [-0.3, -0.25) is 14.3 Å². The summed E-state index contributed by atoms with van der Waals surface area (Å²) in [5, 5.41) is 4.38. The molecule has 2 aliphatic rings. The third kappa shape index (κ3) is 3.45. The standard InChI is InChI=1S/C24H28ClN5/c1-2-3-15-26-24-27-20-12-8-7-11-19(20)22-23(30(24)18-9-5-4-6-10-18)29-16-17(25)13-14-21(29)28-22/h7-8,11-14,16,18H,2-6,9-10,15H2,1H3,(H,26,27). The van der Waals surface area contributed by atoms with Gasteiger partial charge in [-0.15, -0.1) is 0 Å². The Morgan fingerprint density at radius 2 is 1.97 bits per heavy atom. The lowest BCUT2D eigenvalue weighted by molar-refractivity contribution is 0.438. The normalized spacial score (nSPS) is 18.2. The first-order valence-electron chi connectivity index (χ1n) is 11.1. The van der Waals surface area contributed by atoms with Crippen molar-refractivity contribution in [3.05, 3.63) is 47.6 Å². The van der Waals surface area contributed by atoms with E-state index in [-0.39, 0.29) is 0 Å². The van der Waals surface area contributed by atoms with Crippen molar-refractivity contribution in [3.63, 3.8) is 0 Å². The van der Waals surface area contributed by atoms with Crippen LogP contribution in [0.5, 0.6) is 0 Å². The van der Waals surface area contributed by atoms with Crippen molar-refractivity contribution in [3.8, 4) is 11.3 Å². The van der Waals surface area contributed by atoms with E-state index in [0.29, 0.717) is 11.1 Å². The molecule has 1 aliphatic heterocycles. The zero-order valence-corrected chi connectivity index (χ0v) is 18.2. The summed E-state index contributed by atoms with van der Waals surface area (Å²) in [6.07, 6.45) is 10.3. The second-order valence-electron chi connectivity index (χ2n) is 8.25. The zero-order chi connectivity index (χ0) is 20.5. The molecule has 0 amide bonds. The maximum atomic E-state index is 6.42. The van der Waals surface area contributed by atoms with Gasteiger partial charge in [-0.2, -0.15) is 0 Å². The number of aliphatic imine (C=N–C) groups is 1. The fourth-order valence-corrected chi connectivity index (χ4v) is 4.80. The second kappa shape index (κ2) is 8.31. The Labute approximate surface area is 182 Å². The molecule has 0 atom stereocenters. The molecule has 0 saturated heterocycles. The molecule has 1 saturated carbocycles. The van der Waals surface area contributed by atoms with Crippen molar-refractivity contribution in [2.75, 3.05) is 16.8 Å². The Morgan fingerprint density at radius 1 is 1.13 bits per heavy atom. The minimum absolute atomic E-state index is 0.401. The zero-order valence-electron chi connectivity index (χ0n) is 17.4. The summed E-state index contributed by atoms with van der Waals surface area (Å²) in [5.74, 6) is 2.01. The number of hydrogen-bond acceptors (Lipinski definition) is 2. The first-order valence-corrected chi connectivity index (χ1v) is 11.5. The number of rotatable bonds is 4. The highest BCUT2D eigenvalue weighted by Gasteiger charge is 2.34. The number of guanidine groups is 1. The predicted octanol–water partition coefficient (Wildman–Crippen LogP) is 6.38. The fourth-order valence-electron chi connectivity index (χ4n) is 4.64. The molecular formula is C24H28ClN5. The van der Waals surface area contributed by atoms with Gasteiger partial charge < -0.3 is 5.32 Å². The molecule has 30 heavy (non-hydrogen) atoms. The average molecular weight is 422 g/mol. The maximum absolute atomic E-state index is 6.42. The Bertz CT molecular complexity index is 1080. The number of imidazole rings is 1. The molecule has 0 bridgehead atoms. The van der Waals surface area contributed by atoms with E-state index in [1.54, 1.807) is 0 Å². The number of fused-ring (bicyclic) bond motifs is 5. The van der Waals surface area contributed by atoms with Crippen LogP contribution in [0.4, 0.5) is 11.5 Å². The van der Waals surface area contributed by atoms with Crippen LogP contribution in [0.25, 0.3) is 16.9 Å². The Kier molecular flexibility index (Phi) is 5.38. The van der Waals surface area contributed by atoms with E-state index in [1.165, 1.54) is 19.3 Å². The first-order chi connectivity index (χ1) is 14.8. The van der Waals surface area contributed by atoms with Crippen LogP contribution in [-0.2, 0) is 0 Å². The summed E-state index contributed by atoms with van der Waals surface area (Å²) < 4.78 is 2.14. The smallest absolute Gasteiger partial charge is 0.204 e. The molecule has 0 radical (unpaired) electrons. The molecule has 1 N–H and O–H groups in total. The molecule has 3 aromatic rings. The van der Waals surface area contributed by atoms with Gasteiger partial charge in [0.2, 0.25) is 5.96 Å². The van der Waals surface area contributed by atoms with Crippen molar-refractivity contribution in [1.29, 1.82) is 0 Å². The summed E-state index contributed by atoms with van der Waals surface area (Å²) in [6, 6.07) is 12.7. The van der Waals surface area contributed by atoms with Gasteiger partial charge in [0.25, 0.3) is 0 Å². The van der Waals surface area contributed by atoms with E-state index in [1.807, 2.05) is 18.3 Å². The lowest BCUT2D eigenvalue weighted by Gasteiger charge is -2.35. The molecule has 1 fully saturated rings. The summed E-state index contributed by atoms with van der Waals surface area (Å²) >= 11 is 6.42. The Balaban J connectivity index is 1.76. The van der Waals surface area contributed by atoms with E-state index in [9.17, 15) is 0 Å².